The molecule has 1 rings (SSSR count). The first-order chi connectivity index (χ1) is 7.90. The van der Waals surface area contributed by atoms with Gasteiger partial charge in [0.1, 0.15) is 0 Å². The Labute approximate surface area is 101 Å². The molecule has 1 atom stereocenters. The largest absolute Gasteiger partial charge is 0.377 e. The monoisotopic (exact) mass is 243 g/mol. The Hall–Kier alpha value is -1.00. The first-order valence-electron chi connectivity index (χ1n) is 5.57. The van der Waals surface area contributed by atoms with E-state index in [2.05, 4.69) is 5.32 Å². The maximum atomic E-state index is 13.1. The highest BCUT2D eigenvalue weighted by atomic mass is 19.2. The highest BCUT2D eigenvalue weighted by Crippen LogP contribution is 2.19. The third kappa shape index (κ3) is 3.48. The summed E-state index contributed by atoms with van der Waals surface area (Å²) >= 11 is 0. The van der Waals surface area contributed by atoms with Crippen LogP contribution in [0.5, 0.6) is 0 Å². The summed E-state index contributed by atoms with van der Waals surface area (Å²) in [5, 5.41) is 3.13. The summed E-state index contributed by atoms with van der Waals surface area (Å²) in [7, 11) is 3.46. The fourth-order valence-corrected chi connectivity index (χ4v) is 1.74. The average molecular weight is 243 g/mol. The Morgan fingerprint density at radius 1 is 1.29 bits per heavy atom. The number of nitrogens with one attached hydrogen (secondary N) is 1. The van der Waals surface area contributed by atoms with Crippen LogP contribution in [-0.4, -0.2) is 25.8 Å². The molecular weight excluding hydrogens is 224 g/mol. The van der Waals surface area contributed by atoms with Crippen molar-refractivity contribution in [2.75, 3.05) is 14.2 Å². The topological polar surface area (TPSA) is 21.3 Å². The fraction of sp³-hybridized carbons (Fsp3) is 0.538. The zero-order valence-corrected chi connectivity index (χ0v) is 10.7. The second-order valence-electron chi connectivity index (χ2n) is 4.60. The van der Waals surface area contributed by atoms with E-state index in [1.54, 1.807) is 13.2 Å². The predicted octanol–water partition coefficient (Wildman–Crippen LogP) is 2.52. The van der Waals surface area contributed by atoms with Crippen LogP contribution in [0.4, 0.5) is 8.78 Å². The molecule has 0 amide bonds. The van der Waals surface area contributed by atoms with Gasteiger partial charge < -0.3 is 10.1 Å². The van der Waals surface area contributed by atoms with Crippen LogP contribution in [0.25, 0.3) is 0 Å². The highest BCUT2D eigenvalue weighted by Gasteiger charge is 2.28. The van der Waals surface area contributed by atoms with Gasteiger partial charge in [0.2, 0.25) is 0 Å². The minimum Gasteiger partial charge on any atom is -0.377 e. The molecule has 96 valence electrons. The van der Waals surface area contributed by atoms with Crippen LogP contribution in [-0.2, 0) is 11.2 Å². The molecule has 1 aromatic carbocycles. The summed E-state index contributed by atoms with van der Waals surface area (Å²) in [6, 6.07) is 3.99. The van der Waals surface area contributed by atoms with Crippen molar-refractivity contribution < 1.29 is 13.5 Å². The van der Waals surface area contributed by atoms with Gasteiger partial charge in [-0.05, 0) is 45.0 Å². The molecule has 0 aliphatic carbocycles. The normalized spacial score (nSPS) is 13.8. The quantitative estimate of drug-likeness (QED) is 0.858. The van der Waals surface area contributed by atoms with Gasteiger partial charge in [0, 0.05) is 13.2 Å². The summed E-state index contributed by atoms with van der Waals surface area (Å²) in [5.41, 5.74) is 0.368. The van der Waals surface area contributed by atoms with Gasteiger partial charge in [-0.25, -0.2) is 8.78 Å². The fourth-order valence-electron chi connectivity index (χ4n) is 1.74. The lowest BCUT2D eigenvalue weighted by atomic mass is 9.92. The lowest BCUT2D eigenvalue weighted by molar-refractivity contribution is -0.00799. The van der Waals surface area contributed by atoms with E-state index >= 15 is 0 Å². The van der Waals surface area contributed by atoms with Crippen molar-refractivity contribution in [1.82, 2.24) is 5.32 Å². The smallest absolute Gasteiger partial charge is 0.159 e. The number of hydrogen-bond donors (Lipinski definition) is 1. The predicted molar refractivity (Wildman–Crippen MR) is 64.0 cm³/mol. The molecule has 1 N–H and O–H groups in total. The van der Waals surface area contributed by atoms with Gasteiger partial charge in [0.25, 0.3) is 0 Å². The molecule has 17 heavy (non-hydrogen) atoms. The Morgan fingerprint density at radius 3 is 2.41 bits per heavy atom. The van der Waals surface area contributed by atoms with Crippen molar-refractivity contribution in [2.45, 2.75) is 31.9 Å². The van der Waals surface area contributed by atoms with Crippen LogP contribution >= 0.6 is 0 Å². The molecule has 4 heteroatoms. The molecule has 1 aromatic rings. The lowest BCUT2D eigenvalue weighted by Crippen LogP contribution is -2.48. The number of halogens is 2. The van der Waals surface area contributed by atoms with Crippen LogP contribution in [0, 0.1) is 11.6 Å². The summed E-state index contributed by atoms with van der Waals surface area (Å²) in [6.45, 7) is 3.90. The van der Waals surface area contributed by atoms with Gasteiger partial charge in [-0.1, -0.05) is 6.07 Å². The Kier molecular flexibility index (Phi) is 4.60. The molecule has 0 bridgehead atoms. The van der Waals surface area contributed by atoms with E-state index in [0.717, 1.165) is 11.6 Å². The molecule has 0 radical (unpaired) electrons. The van der Waals surface area contributed by atoms with Gasteiger partial charge in [0.15, 0.2) is 11.6 Å². The van der Waals surface area contributed by atoms with Gasteiger partial charge in [-0.15, -0.1) is 0 Å². The number of hydrogen-bond acceptors (Lipinski definition) is 2. The van der Waals surface area contributed by atoms with Crippen molar-refractivity contribution in [1.29, 1.82) is 0 Å². The van der Waals surface area contributed by atoms with Crippen LogP contribution in [0.15, 0.2) is 18.2 Å². The third-order valence-electron chi connectivity index (χ3n) is 3.14. The van der Waals surface area contributed by atoms with Crippen molar-refractivity contribution in [3.63, 3.8) is 0 Å². The number of rotatable bonds is 5. The van der Waals surface area contributed by atoms with Crippen molar-refractivity contribution in [2.24, 2.45) is 0 Å². The van der Waals surface area contributed by atoms with E-state index in [4.69, 9.17) is 4.74 Å². The third-order valence-corrected chi connectivity index (χ3v) is 3.14. The molecule has 1 unspecified atom stereocenters. The number of ether oxygens (including phenoxy) is 1. The molecule has 0 saturated heterocycles. The zero-order valence-electron chi connectivity index (χ0n) is 10.7. The molecule has 0 fully saturated rings. The van der Waals surface area contributed by atoms with Gasteiger partial charge in [-0.2, -0.15) is 0 Å². The first kappa shape index (κ1) is 14.1. The van der Waals surface area contributed by atoms with E-state index in [9.17, 15) is 8.78 Å². The minimum atomic E-state index is -0.819. The number of likely N-dealkylation sites (N-methyl/N-ethyl adjacent to an activating group) is 1. The van der Waals surface area contributed by atoms with Crippen LogP contribution < -0.4 is 5.32 Å². The number of benzene rings is 1. The molecular formula is C13H19F2NO. The Balaban J connectivity index is 2.84. The van der Waals surface area contributed by atoms with Crippen LogP contribution in [0.3, 0.4) is 0 Å². The molecule has 0 aromatic heterocycles. The van der Waals surface area contributed by atoms with E-state index < -0.39 is 11.6 Å². The maximum Gasteiger partial charge on any atom is 0.159 e. The van der Waals surface area contributed by atoms with Gasteiger partial charge in [-0.3, -0.25) is 0 Å². The Bertz CT molecular complexity index is 380. The van der Waals surface area contributed by atoms with E-state index in [-0.39, 0.29) is 11.6 Å². The summed E-state index contributed by atoms with van der Waals surface area (Å²) in [5.74, 6) is -1.63. The molecule has 0 aliphatic heterocycles. The van der Waals surface area contributed by atoms with E-state index in [0.29, 0.717) is 6.42 Å². The average Bonchev–Trinajstić information content (AvgIpc) is 2.30. The minimum absolute atomic E-state index is 0.0253. The summed E-state index contributed by atoms with van der Waals surface area (Å²) in [6.07, 6.45) is 0.578. The molecule has 0 aliphatic rings. The first-order valence-corrected chi connectivity index (χ1v) is 5.57. The molecule has 0 heterocycles. The SMILES string of the molecule is CNC(Cc1ccc(F)c(F)c1)C(C)(C)OC. The van der Waals surface area contributed by atoms with Crippen molar-refractivity contribution in [3.05, 3.63) is 35.4 Å². The lowest BCUT2D eigenvalue weighted by Gasteiger charge is -2.33. The second kappa shape index (κ2) is 5.56. The summed E-state index contributed by atoms with van der Waals surface area (Å²) in [4.78, 5) is 0. The maximum absolute atomic E-state index is 13.1. The van der Waals surface area contributed by atoms with Crippen molar-refractivity contribution >= 4 is 0 Å². The zero-order chi connectivity index (χ0) is 13.1. The van der Waals surface area contributed by atoms with E-state index in [1.807, 2.05) is 20.9 Å². The molecule has 0 saturated carbocycles. The number of methoxy groups -OCH3 is 1. The second-order valence-corrected chi connectivity index (χ2v) is 4.60. The van der Waals surface area contributed by atoms with Crippen LogP contribution in [0.2, 0.25) is 0 Å². The van der Waals surface area contributed by atoms with Gasteiger partial charge >= 0.3 is 0 Å². The molecule has 0 spiro atoms. The van der Waals surface area contributed by atoms with E-state index in [1.165, 1.54) is 6.07 Å². The summed E-state index contributed by atoms with van der Waals surface area (Å²) < 4.78 is 31.3. The molecule has 2 nitrogen and oxygen atoms in total. The van der Waals surface area contributed by atoms with Crippen molar-refractivity contribution in [3.8, 4) is 0 Å². The Morgan fingerprint density at radius 2 is 1.94 bits per heavy atom. The van der Waals surface area contributed by atoms with Crippen LogP contribution in [0.1, 0.15) is 19.4 Å². The highest BCUT2D eigenvalue weighted by molar-refractivity contribution is 5.19. The standard InChI is InChI=1S/C13H19F2NO/c1-13(2,17-4)12(16-3)8-9-5-6-10(14)11(15)7-9/h5-7,12,16H,8H2,1-4H3. The van der Waals surface area contributed by atoms with Gasteiger partial charge in [0.05, 0.1) is 5.60 Å².